The summed E-state index contributed by atoms with van der Waals surface area (Å²) in [6.45, 7) is 3.10. The van der Waals surface area contributed by atoms with Gasteiger partial charge >= 0.3 is 5.97 Å². The molecule has 2 aromatic carbocycles. The molecule has 0 saturated carbocycles. The number of carboxylic acids is 1. The van der Waals surface area contributed by atoms with Gasteiger partial charge in [0.2, 0.25) is 0 Å². The lowest BCUT2D eigenvalue weighted by atomic mass is 10.2. The second-order valence-corrected chi connectivity index (χ2v) is 12.4. The Morgan fingerprint density at radius 1 is 0.788 bits per heavy atom. The summed E-state index contributed by atoms with van der Waals surface area (Å²) in [4.78, 5) is 24.0. The Morgan fingerprint density at radius 3 is 1.61 bits per heavy atom. The van der Waals surface area contributed by atoms with E-state index in [2.05, 4.69) is 50.5 Å². The molecule has 2 fully saturated rings. The fourth-order valence-electron chi connectivity index (χ4n) is 3.08. The molecule has 33 heavy (non-hydrogen) atoms. The number of nitrogens with zero attached hydrogens (tertiary/aromatic N) is 1. The third-order valence-corrected chi connectivity index (χ3v) is 8.07. The van der Waals surface area contributed by atoms with Gasteiger partial charge < -0.3 is 15.3 Å². The van der Waals surface area contributed by atoms with Gasteiger partial charge in [-0.05, 0) is 120 Å². The maximum Gasteiger partial charge on any atom is 0.335 e. The Kier molecular flexibility index (Phi) is 12.1. The van der Waals surface area contributed by atoms with E-state index >= 15 is 0 Å². The first-order valence-corrected chi connectivity index (χ1v) is 14.6. The van der Waals surface area contributed by atoms with Crippen LogP contribution >= 0.6 is 45.2 Å². The largest absolute Gasteiger partial charge is 0.478 e. The van der Waals surface area contributed by atoms with Crippen LogP contribution in [-0.2, 0) is 9.84 Å². The summed E-state index contributed by atoms with van der Waals surface area (Å²) in [5.74, 6) is -0.820. The molecule has 0 radical (unpaired) electrons. The molecule has 180 valence electrons. The van der Waals surface area contributed by atoms with Crippen molar-refractivity contribution in [2.24, 2.45) is 0 Å². The van der Waals surface area contributed by atoms with Gasteiger partial charge in [0.25, 0.3) is 5.91 Å². The van der Waals surface area contributed by atoms with Crippen LogP contribution in [0.5, 0.6) is 0 Å². The average molecular weight is 698 g/mol. The molecule has 0 spiro atoms. The number of sulfone groups is 1. The molecule has 0 atom stereocenters. The minimum atomic E-state index is -2.93. The molecule has 2 aliphatic rings. The summed E-state index contributed by atoms with van der Waals surface area (Å²) in [5, 5.41) is 11.8. The van der Waals surface area contributed by atoms with Gasteiger partial charge in [0.05, 0.1) is 17.1 Å². The highest BCUT2D eigenvalue weighted by molar-refractivity contribution is 14.1. The number of carbonyl (C=O) groups excluding carboxylic acids is 1. The molecule has 0 aromatic heterocycles. The number of carboxylic acid groups (broad SMARTS) is 1. The maximum absolute atomic E-state index is 12.1. The van der Waals surface area contributed by atoms with Crippen molar-refractivity contribution in [1.29, 1.82) is 0 Å². The number of benzene rings is 2. The molecule has 2 N–H and O–H groups in total. The normalized spacial score (nSPS) is 17.0. The van der Waals surface area contributed by atoms with Crippen molar-refractivity contribution < 1.29 is 23.1 Å². The molecule has 2 saturated heterocycles. The van der Waals surface area contributed by atoms with Gasteiger partial charge in [-0.15, -0.1) is 0 Å². The zero-order chi connectivity index (χ0) is 24.3. The summed E-state index contributed by atoms with van der Waals surface area (Å²) in [7, 11) is -2.93. The standard InChI is InChI=1S/C11H12INO3S.C7H5IO2.C5H11N/c12-10-3-1-9(2-4-10)11(14)13-5-7-17(15,16)8-6-13;8-6-3-1-5(2-4-6)7(9)10;1-2-4-6-5-3-1/h1-4H,5-8H2;1-4H,(H,9,10);6H,1-5H2. The Balaban J connectivity index is 0.000000202. The highest BCUT2D eigenvalue weighted by atomic mass is 127. The minimum absolute atomic E-state index is 0.0725. The number of piperidine rings is 1. The van der Waals surface area contributed by atoms with Crippen LogP contribution < -0.4 is 5.32 Å². The first-order chi connectivity index (χ1) is 15.7. The van der Waals surface area contributed by atoms with Crippen LogP contribution in [0.15, 0.2) is 48.5 Å². The van der Waals surface area contributed by atoms with E-state index in [4.69, 9.17) is 5.11 Å². The third-order valence-electron chi connectivity index (χ3n) is 5.02. The number of aromatic carboxylic acids is 1. The van der Waals surface area contributed by atoms with Crippen molar-refractivity contribution in [3.05, 3.63) is 66.8 Å². The molecule has 2 aliphatic heterocycles. The summed E-state index contributed by atoms with van der Waals surface area (Å²) in [5.41, 5.74) is 0.949. The molecule has 10 heteroatoms. The van der Waals surface area contributed by atoms with Crippen molar-refractivity contribution in [1.82, 2.24) is 10.2 Å². The first-order valence-electron chi connectivity index (χ1n) is 10.6. The molecule has 0 unspecified atom stereocenters. The number of nitrogens with one attached hydrogen (secondary N) is 1. The van der Waals surface area contributed by atoms with Crippen LogP contribution in [0.1, 0.15) is 40.0 Å². The van der Waals surface area contributed by atoms with E-state index in [0.29, 0.717) is 24.2 Å². The van der Waals surface area contributed by atoms with Crippen molar-refractivity contribution in [3.8, 4) is 0 Å². The molecule has 7 nitrogen and oxygen atoms in total. The zero-order valence-electron chi connectivity index (χ0n) is 18.2. The lowest BCUT2D eigenvalue weighted by Crippen LogP contribution is -2.43. The number of rotatable bonds is 2. The fourth-order valence-corrected chi connectivity index (χ4v) is 5.01. The highest BCUT2D eigenvalue weighted by Crippen LogP contribution is 2.12. The van der Waals surface area contributed by atoms with E-state index < -0.39 is 15.8 Å². The molecule has 2 heterocycles. The second-order valence-electron chi connectivity index (χ2n) is 7.57. The number of halogens is 2. The van der Waals surface area contributed by atoms with Gasteiger partial charge in [0, 0.05) is 25.8 Å². The van der Waals surface area contributed by atoms with Gasteiger partial charge in [-0.2, -0.15) is 0 Å². The predicted octanol–water partition coefficient (Wildman–Crippen LogP) is 3.91. The van der Waals surface area contributed by atoms with Crippen LogP contribution in [0.25, 0.3) is 0 Å². The predicted molar refractivity (Wildman–Crippen MR) is 147 cm³/mol. The SMILES string of the molecule is C1CCNCC1.O=C(O)c1ccc(I)cc1.O=C(c1ccc(I)cc1)N1CCS(=O)(=O)CC1. The summed E-state index contributed by atoms with van der Waals surface area (Å²) in [6, 6.07) is 14.0. The molecular formula is C23H28I2N2O5S. The van der Waals surface area contributed by atoms with E-state index in [1.165, 1.54) is 32.4 Å². The smallest absolute Gasteiger partial charge is 0.335 e. The van der Waals surface area contributed by atoms with Gasteiger partial charge in [-0.1, -0.05) is 6.42 Å². The summed E-state index contributed by atoms with van der Waals surface area (Å²) < 4.78 is 24.6. The fraction of sp³-hybridized carbons (Fsp3) is 0.391. The number of carbonyl (C=O) groups is 2. The zero-order valence-corrected chi connectivity index (χ0v) is 23.3. The van der Waals surface area contributed by atoms with Crippen molar-refractivity contribution in [2.45, 2.75) is 19.3 Å². The number of hydrogen-bond acceptors (Lipinski definition) is 5. The molecule has 4 rings (SSSR count). The van der Waals surface area contributed by atoms with Crippen molar-refractivity contribution >= 4 is 66.9 Å². The van der Waals surface area contributed by atoms with E-state index in [1.807, 2.05) is 12.1 Å². The molecule has 0 aliphatic carbocycles. The van der Waals surface area contributed by atoms with Crippen LogP contribution in [-0.4, -0.2) is 68.0 Å². The van der Waals surface area contributed by atoms with Gasteiger partial charge in [0.15, 0.2) is 9.84 Å². The van der Waals surface area contributed by atoms with E-state index in [0.717, 1.165) is 7.14 Å². The van der Waals surface area contributed by atoms with E-state index in [1.54, 1.807) is 41.3 Å². The Bertz CT molecular complexity index is 983. The second kappa shape index (κ2) is 14.2. The summed E-state index contributed by atoms with van der Waals surface area (Å²) >= 11 is 4.30. The minimum Gasteiger partial charge on any atom is -0.478 e. The van der Waals surface area contributed by atoms with Crippen molar-refractivity contribution in [2.75, 3.05) is 37.7 Å². The highest BCUT2D eigenvalue weighted by Gasteiger charge is 2.25. The molecule has 1 amide bonds. The lowest BCUT2D eigenvalue weighted by Gasteiger charge is -2.26. The van der Waals surface area contributed by atoms with Gasteiger partial charge in [0.1, 0.15) is 0 Å². The molecular weight excluding hydrogens is 670 g/mol. The van der Waals surface area contributed by atoms with E-state index in [9.17, 15) is 18.0 Å². The number of hydrogen-bond donors (Lipinski definition) is 2. The van der Waals surface area contributed by atoms with Gasteiger partial charge in [-0.25, -0.2) is 13.2 Å². The topological polar surface area (TPSA) is 104 Å². The van der Waals surface area contributed by atoms with Crippen LogP contribution in [0.3, 0.4) is 0 Å². The maximum atomic E-state index is 12.1. The molecule has 0 bridgehead atoms. The molecule has 2 aromatic rings. The monoisotopic (exact) mass is 698 g/mol. The van der Waals surface area contributed by atoms with Crippen molar-refractivity contribution in [3.63, 3.8) is 0 Å². The Hall–Kier alpha value is -1.25. The van der Waals surface area contributed by atoms with Crippen LogP contribution in [0, 0.1) is 7.14 Å². The Morgan fingerprint density at radius 2 is 1.24 bits per heavy atom. The third kappa shape index (κ3) is 10.7. The number of amides is 1. The quantitative estimate of drug-likeness (QED) is 0.462. The van der Waals surface area contributed by atoms with Crippen LogP contribution in [0.2, 0.25) is 0 Å². The van der Waals surface area contributed by atoms with E-state index in [-0.39, 0.29) is 17.4 Å². The first kappa shape index (κ1) is 28.0. The average Bonchev–Trinajstić information content (AvgIpc) is 2.81. The lowest BCUT2D eigenvalue weighted by molar-refractivity contribution is 0.0695. The van der Waals surface area contributed by atoms with Gasteiger partial charge in [-0.3, -0.25) is 4.79 Å². The Labute approximate surface area is 222 Å². The summed E-state index contributed by atoms with van der Waals surface area (Å²) in [6.07, 6.45) is 4.22. The van der Waals surface area contributed by atoms with Crippen LogP contribution in [0.4, 0.5) is 0 Å².